The predicted octanol–water partition coefficient (Wildman–Crippen LogP) is 1.93. The van der Waals surface area contributed by atoms with Gasteiger partial charge in [0.1, 0.15) is 0 Å². The third-order valence-corrected chi connectivity index (χ3v) is 5.39. The standard InChI is InChI=1S/C15H26N2O/c18-15(4-2-11-5-6-16-9-11)17-10-14-8-12-1-3-13(14)7-12/h11-14,16H,1-10H2,(H,17,18). The molecule has 3 nitrogen and oxygen atoms in total. The van der Waals surface area contributed by atoms with E-state index >= 15 is 0 Å². The quantitative estimate of drug-likeness (QED) is 0.783. The Morgan fingerprint density at radius 3 is 2.83 bits per heavy atom. The first-order chi connectivity index (χ1) is 8.81. The number of hydrogen-bond donors (Lipinski definition) is 2. The topological polar surface area (TPSA) is 41.1 Å². The molecule has 0 radical (unpaired) electrons. The lowest BCUT2D eigenvalue weighted by atomic mass is 9.89. The van der Waals surface area contributed by atoms with Gasteiger partial charge in [0.2, 0.25) is 5.91 Å². The van der Waals surface area contributed by atoms with Gasteiger partial charge in [0, 0.05) is 13.0 Å². The van der Waals surface area contributed by atoms with Crippen LogP contribution in [0.3, 0.4) is 0 Å². The van der Waals surface area contributed by atoms with Gasteiger partial charge in [-0.3, -0.25) is 4.79 Å². The normalized spacial score (nSPS) is 38.2. The average Bonchev–Trinajstić information content (AvgIpc) is 3.09. The van der Waals surface area contributed by atoms with E-state index in [1.54, 1.807) is 0 Å². The lowest BCUT2D eigenvalue weighted by Crippen LogP contribution is -2.31. The summed E-state index contributed by atoms with van der Waals surface area (Å²) in [5.74, 6) is 3.72. The molecule has 2 N–H and O–H groups in total. The zero-order valence-electron chi connectivity index (χ0n) is 11.3. The van der Waals surface area contributed by atoms with Gasteiger partial charge in [-0.1, -0.05) is 6.42 Å². The first-order valence-corrected chi connectivity index (χ1v) is 7.78. The molecule has 2 saturated carbocycles. The molecule has 0 aromatic carbocycles. The third-order valence-electron chi connectivity index (χ3n) is 5.39. The number of carbonyl (C=O) groups is 1. The van der Waals surface area contributed by atoms with E-state index in [1.807, 2.05) is 0 Å². The summed E-state index contributed by atoms with van der Waals surface area (Å²) in [5.41, 5.74) is 0. The first kappa shape index (κ1) is 12.5. The molecule has 3 heteroatoms. The van der Waals surface area contributed by atoms with Crippen LogP contribution in [0.1, 0.15) is 44.9 Å². The smallest absolute Gasteiger partial charge is 0.220 e. The molecule has 1 saturated heterocycles. The molecule has 2 bridgehead atoms. The summed E-state index contributed by atoms with van der Waals surface area (Å²) < 4.78 is 0. The van der Waals surface area contributed by atoms with Crippen LogP contribution in [0, 0.1) is 23.7 Å². The fourth-order valence-electron chi connectivity index (χ4n) is 4.26. The number of hydrogen-bond acceptors (Lipinski definition) is 2. The highest BCUT2D eigenvalue weighted by molar-refractivity contribution is 5.75. The summed E-state index contributed by atoms with van der Waals surface area (Å²) in [4.78, 5) is 11.8. The maximum Gasteiger partial charge on any atom is 0.220 e. The van der Waals surface area contributed by atoms with Gasteiger partial charge < -0.3 is 10.6 Å². The first-order valence-electron chi connectivity index (χ1n) is 7.78. The molecule has 18 heavy (non-hydrogen) atoms. The van der Waals surface area contributed by atoms with Crippen LogP contribution in [0.15, 0.2) is 0 Å². The molecule has 0 aromatic rings. The van der Waals surface area contributed by atoms with Gasteiger partial charge in [-0.25, -0.2) is 0 Å². The molecule has 3 fully saturated rings. The van der Waals surface area contributed by atoms with E-state index < -0.39 is 0 Å². The van der Waals surface area contributed by atoms with Crippen molar-refractivity contribution in [3.63, 3.8) is 0 Å². The zero-order chi connectivity index (χ0) is 12.4. The minimum atomic E-state index is 0.282. The fourth-order valence-corrected chi connectivity index (χ4v) is 4.26. The highest BCUT2D eigenvalue weighted by atomic mass is 16.1. The number of carbonyl (C=O) groups excluding carboxylic acids is 1. The Balaban J connectivity index is 1.31. The van der Waals surface area contributed by atoms with E-state index in [1.165, 1.54) is 32.1 Å². The van der Waals surface area contributed by atoms with Crippen molar-refractivity contribution in [2.24, 2.45) is 23.7 Å². The molecule has 1 heterocycles. The molecule has 2 aliphatic carbocycles. The van der Waals surface area contributed by atoms with Gasteiger partial charge >= 0.3 is 0 Å². The van der Waals surface area contributed by atoms with Gasteiger partial charge in [0.25, 0.3) is 0 Å². The Morgan fingerprint density at radius 2 is 2.17 bits per heavy atom. The van der Waals surface area contributed by atoms with E-state index in [-0.39, 0.29) is 5.91 Å². The van der Waals surface area contributed by atoms with Crippen LogP contribution in [-0.4, -0.2) is 25.5 Å². The van der Waals surface area contributed by atoms with E-state index in [0.29, 0.717) is 0 Å². The summed E-state index contributed by atoms with van der Waals surface area (Å²) in [6.07, 6.45) is 8.72. The zero-order valence-corrected chi connectivity index (χ0v) is 11.3. The third kappa shape index (κ3) is 2.87. The number of amides is 1. The van der Waals surface area contributed by atoms with Crippen molar-refractivity contribution in [3.05, 3.63) is 0 Å². The van der Waals surface area contributed by atoms with Crippen molar-refractivity contribution < 1.29 is 4.79 Å². The molecule has 102 valence electrons. The van der Waals surface area contributed by atoms with Gasteiger partial charge in [-0.2, -0.15) is 0 Å². The lowest BCUT2D eigenvalue weighted by Gasteiger charge is -2.21. The van der Waals surface area contributed by atoms with E-state index in [0.717, 1.165) is 56.1 Å². The molecule has 3 rings (SSSR count). The largest absolute Gasteiger partial charge is 0.356 e. The molecular formula is C15H26N2O. The summed E-state index contributed by atoms with van der Waals surface area (Å²) in [5, 5.41) is 6.53. The van der Waals surface area contributed by atoms with Crippen LogP contribution in [0.5, 0.6) is 0 Å². The molecule has 1 amide bonds. The summed E-state index contributed by atoms with van der Waals surface area (Å²) in [7, 11) is 0. The predicted molar refractivity (Wildman–Crippen MR) is 72.2 cm³/mol. The Kier molecular flexibility index (Phi) is 3.88. The average molecular weight is 250 g/mol. The fraction of sp³-hybridized carbons (Fsp3) is 0.933. The van der Waals surface area contributed by atoms with Crippen molar-refractivity contribution in [1.82, 2.24) is 10.6 Å². The molecule has 0 aromatic heterocycles. The second kappa shape index (κ2) is 5.60. The maximum atomic E-state index is 11.8. The SMILES string of the molecule is O=C(CCC1CCNC1)NCC1CC2CCC1C2. The highest BCUT2D eigenvalue weighted by Gasteiger charge is 2.39. The Bertz CT molecular complexity index is 299. The van der Waals surface area contributed by atoms with Gasteiger partial charge in [0.05, 0.1) is 0 Å². The molecule has 4 atom stereocenters. The molecule has 0 spiro atoms. The van der Waals surface area contributed by atoms with Crippen molar-refractivity contribution in [2.45, 2.75) is 44.9 Å². The molecule has 4 unspecified atom stereocenters. The number of fused-ring (bicyclic) bond motifs is 2. The van der Waals surface area contributed by atoms with Crippen molar-refractivity contribution in [1.29, 1.82) is 0 Å². The summed E-state index contributed by atoms with van der Waals surface area (Å²) in [6, 6.07) is 0. The minimum Gasteiger partial charge on any atom is -0.356 e. The van der Waals surface area contributed by atoms with Crippen LogP contribution in [-0.2, 0) is 4.79 Å². The molecule has 1 aliphatic heterocycles. The van der Waals surface area contributed by atoms with E-state index in [2.05, 4.69) is 10.6 Å². The second-order valence-electron chi connectivity index (χ2n) is 6.64. The van der Waals surface area contributed by atoms with E-state index in [4.69, 9.17) is 0 Å². The van der Waals surface area contributed by atoms with Crippen LogP contribution in [0.25, 0.3) is 0 Å². The molecular weight excluding hydrogens is 224 g/mol. The van der Waals surface area contributed by atoms with Gasteiger partial charge in [-0.15, -0.1) is 0 Å². The highest BCUT2D eigenvalue weighted by Crippen LogP contribution is 2.47. The lowest BCUT2D eigenvalue weighted by molar-refractivity contribution is -0.121. The van der Waals surface area contributed by atoms with Crippen LogP contribution >= 0.6 is 0 Å². The van der Waals surface area contributed by atoms with Crippen LogP contribution in [0.4, 0.5) is 0 Å². The van der Waals surface area contributed by atoms with Crippen molar-refractivity contribution in [3.8, 4) is 0 Å². The monoisotopic (exact) mass is 250 g/mol. The number of rotatable bonds is 5. The van der Waals surface area contributed by atoms with Gasteiger partial charge in [0.15, 0.2) is 0 Å². The minimum absolute atomic E-state index is 0.282. The van der Waals surface area contributed by atoms with Crippen LogP contribution < -0.4 is 10.6 Å². The van der Waals surface area contributed by atoms with Crippen LogP contribution in [0.2, 0.25) is 0 Å². The van der Waals surface area contributed by atoms with Crippen molar-refractivity contribution in [2.75, 3.05) is 19.6 Å². The Hall–Kier alpha value is -0.570. The van der Waals surface area contributed by atoms with Gasteiger partial charge in [-0.05, 0) is 68.9 Å². The molecule has 3 aliphatic rings. The number of nitrogens with one attached hydrogen (secondary N) is 2. The van der Waals surface area contributed by atoms with E-state index in [9.17, 15) is 4.79 Å². The Labute approximate surface area is 110 Å². The second-order valence-corrected chi connectivity index (χ2v) is 6.64. The van der Waals surface area contributed by atoms with Crippen molar-refractivity contribution >= 4 is 5.91 Å². The maximum absolute atomic E-state index is 11.8. The summed E-state index contributed by atoms with van der Waals surface area (Å²) in [6.45, 7) is 3.19. The summed E-state index contributed by atoms with van der Waals surface area (Å²) >= 11 is 0. The Morgan fingerprint density at radius 1 is 1.22 bits per heavy atom.